The maximum Gasteiger partial charge on any atom is 0.259 e. The zero-order valence-electron chi connectivity index (χ0n) is 10.3. The van der Waals surface area contributed by atoms with E-state index < -0.39 is 10.0 Å². The average molecular weight is 324 g/mol. The van der Waals surface area contributed by atoms with Crippen LogP contribution < -0.4 is 4.72 Å². The first kappa shape index (κ1) is 14.7. The molecule has 0 saturated carbocycles. The Bertz CT molecular complexity index is 450. The Balaban J connectivity index is 2.63. The minimum absolute atomic E-state index is 0.0834. The number of halogens is 1. The van der Waals surface area contributed by atoms with Crippen molar-refractivity contribution in [2.24, 2.45) is 7.05 Å². The van der Waals surface area contributed by atoms with E-state index >= 15 is 0 Å². The van der Waals surface area contributed by atoms with Crippen LogP contribution in [0.2, 0.25) is 0 Å². The van der Waals surface area contributed by atoms with Gasteiger partial charge in [0.05, 0.1) is 0 Å². The van der Waals surface area contributed by atoms with Gasteiger partial charge in [0.25, 0.3) is 10.0 Å². The van der Waals surface area contributed by atoms with Gasteiger partial charge in [-0.05, 0) is 19.8 Å². The second-order valence-electron chi connectivity index (χ2n) is 3.93. The van der Waals surface area contributed by atoms with Crippen molar-refractivity contribution in [1.29, 1.82) is 0 Å². The molecule has 0 radical (unpaired) electrons. The molecule has 0 aliphatic carbocycles. The van der Waals surface area contributed by atoms with E-state index in [1.807, 2.05) is 0 Å². The monoisotopic (exact) mass is 323 g/mol. The minimum atomic E-state index is -3.47. The summed E-state index contributed by atoms with van der Waals surface area (Å²) in [7, 11) is -1.70. The normalized spacial score (nSPS) is 13.9. The lowest BCUT2D eigenvalue weighted by molar-refractivity contribution is 0.574. The Morgan fingerprint density at radius 1 is 1.59 bits per heavy atom. The summed E-state index contributed by atoms with van der Waals surface area (Å²) in [6.07, 6.45) is 3.26. The van der Waals surface area contributed by atoms with Crippen LogP contribution in [0.15, 0.2) is 11.2 Å². The number of sulfonamides is 1. The van der Waals surface area contributed by atoms with Crippen molar-refractivity contribution in [3.8, 4) is 0 Å². The highest BCUT2D eigenvalue weighted by molar-refractivity contribution is 9.09. The lowest BCUT2D eigenvalue weighted by atomic mass is 10.2. The van der Waals surface area contributed by atoms with Gasteiger partial charge in [-0.3, -0.25) is 0 Å². The molecule has 1 aromatic rings. The first-order valence-electron chi connectivity index (χ1n) is 5.50. The molecule has 0 saturated heterocycles. The van der Waals surface area contributed by atoms with Gasteiger partial charge >= 0.3 is 0 Å². The van der Waals surface area contributed by atoms with Crippen LogP contribution in [-0.4, -0.2) is 29.3 Å². The maximum atomic E-state index is 11.9. The van der Waals surface area contributed by atoms with Gasteiger partial charge in [0.1, 0.15) is 5.82 Å². The van der Waals surface area contributed by atoms with Gasteiger partial charge in [-0.1, -0.05) is 22.9 Å². The van der Waals surface area contributed by atoms with E-state index in [1.165, 1.54) is 6.20 Å². The fourth-order valence-corrected chi connectivity index (χ4v) is 2.60. The number of imidazole rings is 1. The van der Waals surface area contributed by atoms with Crippen LogP contribution in [0.5, 0.6) is 0 Å². The summed E-state index contributed by atoms with van der Waals surface area (Å²) >= 11 is 3.46. The standard InChI is InChI=1S/C10H18BrN3O2S/c1-4-9(11)5-6-12-17(15,16)10-7-14(3)8(2)13-10/h7,9,12H,4-6H2,1-3H3. The van der Waals surface area contributed by atoms with Crippen LogP contribution in [-0.2, 0) is 17.1 Å². The van der Waals surface area contributed by atoms with Gasteiger partial charge in [-0.25, -0.2) is 18.1 Å². The van der Waals surface area contributed by atoms with Crippen LogP contribution >= 0.6 is 15.9 Å². The van der Waals surface area contributed by atoms with Crippen LogP contribution in [0.25, 0.3) is 0 Å². The Morgan fingerprint density at radius 2 is 2.24 bits per heavy atom. The van der Waals surface area contributed by atoms with Gasteiger partial charge in [0, 0.05) is 24.6 Å². The molecular weight excluding hydrogens is 306 g/mol. The van der Waals surface area contributed by atoms with Crippen molar-refractivity contribution in [3.05, 3.63) is 12.0 Å². The molecule has 0 aliphatic heterocycles. The Kier molecular flexibility index (Phi) is 5.15. The predicted molar refractivity (Wildman–Crippen MR) is 70.8 cm³/mol. The molecule has 0 aliphatic rings. The molecule has 1 aromatic heterocycles. The van der Waals surface area contributed by atoms with Crippen molar-refractivity contribution >= 4 is 26.0 Å². The van der Waals surface area contributed by atoms with Crippen molar-refractivity contribution in [2.45, 2.75) is 36.5 Å². The topological polar surface area (TPSA) is 64.0 Å². The number of hydrogen-bond acceptors (Lipinski definition) is 3. The van der Waals surface area contributed by atoms with E-state index in [-0.39, 0.29) is 5.03 Å². The maximum absolute atomic E-state index is 11.9. The number of hydrogen-bond donors (Lipinski definition) is 1. The van der Waals surface area contributed by atoms with Gasteiger partial charge < -0.3 is 4.57 Å². The van der Waals surface area contributed by atoms with Crippen LogP contribution in [0.1, 0.15) is 25.6 Å². The van der Waals surface area contributed by atoms with Gasteiger partial charge in [0.2, 0.25) is 0 Å². The summed E-state index contributed by atoms with van der Waals surface area (Å²) in [6, 6.07) is 0. The third kappa shape index (κ3) is 4.08. The lowest BCUT2D eigenvalue weighted by Crippen LogP contribution is -2.26. The van der Waals surface area contributed by atoms with Gasteiger partial charge in [0.15, 0.2) is 5.03 Å². The second-order valence-corrected chi connectivity index (χ2v) is 6.94. The van der Waals surface area contributed by atoms with E-state index in [9.17, 15) is 8.42 Å². The van der Waals surface area contributed by atoms with Gasteiger partial charge in [-0.2, -0.15) is 0 Å². The summed E-state index contributed by atoms with van der Waals surface area (Å²) in [5.74, 6) is 0.678. The molecule has 5 nitrogen and oxygen atoms in total. The lowest BCUT2D eigenvalue weighted by Gasteiger charge is -2.07. The molecular formula is C10H18BrN3O2S. The highest BCUT2D eigenvalue weighted by atomic mass is 79.9. The van der Waals surface area contributed by atoms with Crippen LogP contribution in [0.4, 0.5) is 0 Å². The molecule has 98 valence electrons. The zero-order chi connectivity index (χ0) is 13.1. The van der Waals surface area contributed by atoms with Crippen molar-refractivity contribution in [3.63, 3.8) is 0 Å². The third-order valence-electron chi connectivity index (χ3n) is 2.55. The summed E-state index contributed by atoms with van der Waals surface area (Å²) in [6.45, 7) is 4.24. The number of aromatic nitrogens is 2. The van der Waals surface area contributed by atoms with E-state index in [4.69, 9.17) is 0 Å². The van der Waals surface area contributed by atoms with Crippen LogP contribution in [0.3, 0.4) is 0 Å². The van der Waals surface area contributed by atoms with Crippen LogP contribution in [0, 0.1) is 6.92 Å². The summed E-state index contributed by atoms with van der Waals surface area (Å²) < 4.78 is 28.0. The molecule has 0 amide bonds. The molecule has 1 unspecified atom stereocenters. The first-order chi connectivity index (χ1) is 7.86. The van der Waals surface area contributed by atoms with Crippen molar-refractivity contribution in [1.82, 2.24) is 14.3 Å². The Hall–Kier alpha value is -0.400. The fourth-order valence-electron chi connectivity index (χ4n) is 1.28. The molecule has 1 atom stereocenters. The number of nitrogens with one attached hydrogen (secondary N) is 1. The minimum Gasteiger partial charge on any atom is -0.337 e. The summed E-state index contributed by atoms with van der Waals surface area (Å²) in [4.78, 5) is 4.34. The fraction of sp³-hybridized carbons (Fsp3) is 0.700. The number of nitrogens with zero attached hydrogens (tertiary/aromatic N) is 2. The number of alkyl halides is 1. The SMILES string of the molecule is CCC(Br)CCNS(=O)(=O)c1cn(C)c(C)n1. The van der Waals surface area contributed by atoms with E-state index in [1.54, 1.807) is 18.5 Å². The van der Waals surface area contributed by atoms with Crippen molar-refractivity contribution < 1.29 is 8.42 Å². The molecule has 0 spiro atoms. The molecule has 1 rings (SSSR count). The molecule has 1 N–H and O–H groups in total. The van der Waals surface area contributed by atoms with Crippen molar-refractivity contribution in [2.75, 3.05) is 6.54 Å². The molecule has 7 heteroatoms. The molecule has 0 aromatic carbocycles. The quantitative estimate of drug-likeness (QED) is 0.808. The highest BCUT2D eigenvalue weighted by Gasteiger charge is 2.18. The Labute approximate surface area is 111 Å². The molecule has 1 heterocycles. The number of aryl methyl sites for hydroxylation is 2. The third-order valence-corrected chi connectivity index (χ3v) is 4.99. The van der Waals surface area contributed by atoms with Gasteiger partial charge in [-0.15, -0.1) is 0 Å². The predicted octanol–water partition coefficient (Wildman–Crippen LogP) is 1.57. The largest absolute Gasteiger partial charge is 0.337 e. The molecule has 0 bridgehead atoms. The summed E-state index contributed by atoms with van der Waals surface area (Å²) in [5.41, 5.74) is 0. The van der Waals surface area contributed by atoms with E-state index in [0.29, 0.717) is 17.2 Å². The second kappa shape index (κ2) is 5.97. The highest BCUT2D eigenvalue weighted by Crippen LogP contribution is 2.10. The number of rotatable bonds is 6. The van der Waals surface area contributed by atoms with E-state index in [2.05, 4.69) is 32.6 Å². The summed E-state index contributed by atoms with van der Waals surface area (Å²) in [5, 5.41) is 0.0834. The smallest absolute Gasteiger partial charge is 0.259 e. The average Bonchev–Trinajstić information content (AvgIpc) is 2.59. The first-order valence-corrected chi connectivity index (χ1v) is 7.90. The molecule has 17 heavy (non-hydrogen) atoms. The van der Waals surface area contributed by atoms with E-state index in [0.717, 1.165) is 12.8 Å². The Morgan fingerprint density at radius 3 is 2.71 bits per heavy atom. The molecule has 0 fully saturated rings. The zero-order valence-corrected chi connectivity index (χ0v) is 12.7.